The molecule has 0 bridgehead atoms. The molecule has 2 N–H and O–H groups in total. The van der Waals surface area contributed by atoms with E-state index in [4.69, 9.17) is 5.11 Å². The van der Waals surface area contributed by atoms with Gasteiger partial charge < -0.3 is 10.4 Å². The van der Waals surface area contributed by atoms with E-state index in [9.17, 15) is 10.1 Å². The van der Waals surface area contributed by atoms with Crippen molar-refractivity contribution in [3.05, 3.63) is 0 Å². The normalized spacial score (nSPS) is 11.3. The Morgan fingerprint density at radius 3 is 2.55 bits per heavy atom. The van der Waals surface area contributed by atoms with Gasteiger partial charge in [-0.15, -0.1) is 0 Å². The number of aliphatic hydroxyl groups is 1. The molecule has 0 aromatic heterocycles. The number of amides is 1. The first kappa shape index (κ1) is 10.3. The van der Waals surface area contributed by atoms with Gasteiger partial charge in [0.15, 0.2) is 5.60 Å². The molecule has 0 heterocycles. The first-order chi connectivity index (χ1) is 5.04. The standard InChI is InChI=1S/C6H12NO4/c1-6(2,11-10)5(9)7-3-4-8/h8H,3-4H2,1-2H3,(H,7,9). The summed E-state index contributed by atoms with van der Waals surface area (Å²) in [4.78, 5) is 14.6. The Balaban J connectivity index is 3.82. The van der Waals surface area contributed by atoms with E-state index in [0.29, 0.717) is 0 Å². The van der Waals surface area contributed by atoms with Gasteiger partial charge in [-0.1, -0.05) is 0 Å². The van der Waals surface area contributed by atoms with Crippen molar-refractivity contribution in [3.8, 4) is 0 Å². The van der Waals surface area contributed by atoms with E-state index >= 15 is 0 Å². The van der Waals surface area contributed by atoms with Gasteiger partial charge in [0.25, 0.3) is 5.91 Å². The first-order valence-corrected chi connectivity index (χ1v) is 3.24. The van der Waals surface area contributed by atoms with E-state index in [-0.39, 0.29) is 13.2 Å². The summed E-state index contributed by atoms with van der Waals surface area (Å²) < 4.78 is 0. The van der Waals surface area contributed by atoms with Gasteiger partial charge in [-0.05, 0) is 19.1 Å². The fraction of sp³-hybridized carbons (Fsp3) is 0.833. The monoisotopic (exact) mass is 162 g/mol. The van der Waals surface area contributed by atoms with Crippen molar-refractivity contribution in [1.82, 2.24) is 5.32 Å². The molecule has 11 heavy (non-hydrogen) atoms. The molecule has 1 radical (unpaired) electrons. The smallest absolute Gasteiger partial charge is 0.255 e. The number of carbonyl (C=O) groups excluding carboxylic acids is 1. The van der Waals surface area contributed by atoms with Gasteiger partial charge in [-0.2, -0.15) is 4.89 Å². The molecule has 0 spiro atoms. The van der Waals surface area contributed by atoms with Crippen LogP contribution < -0.4 is 5.32 Å². The molecule has 0 aromatic carbocycles. The highest BCUT2D eigenvalue weighted by molar-refractivity contribution is 5.84. The summed E-state index contributed by atoms with van der Waals surface area (Å²) in [7, 11) is 0. The van der Waals surface area contributed by atoms with Crippen LogP contribution in [0.1, 0.15) is 13.8 Å². The minimum absolute atomic E-state index is 0.131. The van der Waals surface area contributed by atoms with Crippen LogP contribution in [0, 0.1) is 0 Å². The van der Waals surface area contributed by atoms with Gasteiger partial charge in [-0.3, -0.25) is 4.79 Å². The van der Waals surface area contributed by atoms with Gasteiger partial charge in [-0.25, -0.2) is 0 Å². The van der Waals surface area contributed by atoms with Crippen LogP contribution in [-0.2, 0) is 14.9 Å². The third-order valence-electron chi connectivity index (χ3n) is 1.15. The molecule has 0 fully saturated rings. The summed E-state index contributed by atoms with van der Waals surface area (Å²) in [6, 6.07) is 0. The van der Waals surface area contributed by atoms with Crippen molar-refractivity contribution in [1.29, 1.82) is 0 Å². The molecule has 1 amide bonds. The van der Waals surface area contributed by atoms with Crippen LogP contribution in [0.3, 0.4) is 0 Å². The molecular weight excluding hydrogens is 150 g/mol. The lowest BCUT2D eigenvalue weighted by atomic mass is 10.1. The molecule has 0 atom stereocenters. The number of aliphatic hydroxyl groups excluding tert-OH is 1. The summed E-state index contributed by atoms with van der Waals surface area (Å²) in [5, 5.41) is 20.6. The quantitative estimate of drug-likeness (QED) is 0.421. The summed E-state index contributed by atoms with van der Waals surface area (Å²) in [5.41, 5.74) is -1.37. The lowest BCUT2D eigenvalue weighted by Crippen LogP contribution is -2.44. The molecule has 65 valence electrons. The van der Waals surface area contributed by atoms with Gasteiger partial charge in [0.1, 0.15) is 0 Å². The molecule has 0 aliphatic carbocycles. The lowest BCUT2D eigenvalue weighted by molar-refractivity contribution is -0.353. The van der Waals surface area contributed by atoms with E-state index in [2.05, 4.69) is 10.2 Å². The molecule has 0 unspecified atom stereocenters. The summed E-state index contributed by atoms with van der Waals surface area (Å²) in [6.45, 7) is 2.69. The zero-order chi connectivity index (χ0) is 8.91. The molecule has 0 rings (SSSR count). The first-order valence-electron chi connectivity index (χ1n) is 3.24. The predicted octanol–water partition coefficient (Wildman–Crippen LogP) is -0.764. The highest BCUT2D eigenvalue weighted by Gasteiger charge is 2.29. The maximum absolute atomic E-state index is 10.9. The van der Waals surface area contributed by atoms with E-state index in [1.165, 1.54) is 13.8 Å². The molecule has 5 nitrogen and oxygen atoms in total. The van der Waals surface area contributed by atoms with Gasteiger partial charge >= 0.3 is 0 Å². The van der Waals surface area contributed by atoms with Gasteiger partial charge in [0.2, 0.25) is 0 Å². The Hall–Kier alpha value is -0.650. The van der Waals surface area contributed by atoms with E-state index in [0.717, 1.165) is 0 Å². The highest BCUT2D eigenvalue weighted by atomic mass is 17.1. The Labute approximate surface area is 64.9 Å². The third-order valence-corrected chi connectivity index (χ3v) is 1.15. The van der Waals surface area contributed by atoms with Crippen molar-refractivity contribution in [2.45, 2.75) is 19.4 Å². The molecular formula is C6H12NO4. The molecule has 5 heteroatoms. The van der Waals surface area contributed by atoms with Crippen LogP contribution in [0.25, 0.3) is 0 Å². The minimum atomic E-state index is -1.37. The second-order valence-electron chi connectivity index (χ2n) is 2.57. The van der Waals surface area contributed by atoms with Crippen molar-refractivity contribution in [3.63, 3.8) is 0 Å². The molecule has 0 aromatic rings. The number of hydrogen-bond acceptors (Lipinski definition) is 3. The van der Waals surface area contributed by atoms with E-state index in [1.54, 1.807) is 0 Å². The Morgan fingerprint density at radius 1 is 1.64 bits per heavy atom. The fourth-order valence-electron chi connectivity index (χ4n) is 0.420. The SMILES string of the molecule is CC(C)(O[O])C(=O)NCCO. The number of hydrogen-bond donors (Lipinski definition) is 2. The van der Waals surface area contributed by atoms with Crippen molar-refractivity contribution >= 4 is 5.91 Å². The van der Waals surface area contributed by atoms with Crippen molar-refractivity contribution < 1.29 is 20.0 Å². The topological polar surface area (TPSA) is 78.5 Å². The van der Waals surface area contributed by atoms with E-state index in [1.807, 2.05) is 0 Å². The lowest BCUT2D eigenvalue weighted by Gasteiger charge is -2.17. The van der Waals surface area contributed by atoms with Crippen LogP contribution in [0.15, 0.2) is 0 Å². The molecule has 0 saturated carbocycles. The van der Waals surface area contributed by atoms with Crippen LogP contribution in [-0.4, -0.2) is 29.8 Å². The maximum atomic E-state index is 10.9. The van der Waals surface area contributed by atoms with Gasteiger partial charge in [0.05, 0.1) is 6.61 Å². The average molecular weight is 162 g/mol. The Bertz CT molecular complexity index is 135. The van der Waals surface area contributed by atoms with Crippen LogP contribution in [0.2, 0.25) is 0 Å². The molecule has 0 aliphatic rings. The van der Waals surface area contributed by atoms with Gasteiger partial charge in [0, 0.05) is 6.54 Å². The predicted molar refractivity (Wildman–Crippen MR) is 35.9 cm³/mol. The summed E-state index contributed by atoms with van der Waals surface area (Å²) in [6.07, 6.45) is 0. The van der Waals surface area contributed by atoms with Crippen LogP contribution in [0.5, 0.6) is 0 Å². The third kappa shape index (κ3) is 3.31. The summed E-state index contributed by atoms with van der Waals surface area (Å²) >= 11 is 0. The van der Waals surface area contributed by atoms with E-state index < -0.39 is 11.5 Å². The van der Waals surface area contributed by atoms with Crippen LogP contribution in [0.4, 0.5) is 0 Å². The Kier molecular flexibility index (Phi) is 4.02. The zero-order valence-electron chi connectivity index (χ0n) is 6.59. The second kappa shape index (κ2) is 4.27. The van der Waals surface area contributed by atoms with Crippen LogP contribution >= 0.6 is 0 Å². The second-order valence-corrected chi connectivity index (χ2v) is 2.57. The Morgan fingerprint density at radius 2 is 2.18 bits per heavy atom. The molecule has 0 aliphatic heterocycles. The maximum Gasteiger partial charge on any atom is 0.255 e. The molecule has 0 saturated heterocycles. The van der Waals surface area contributed by atoms with Crippen molar-refractivity contribution in [2.75, 3.05) is 13.2 Å². The number of rotatable bonds is 4. The largest absolute Gasteiger partial charge is 0.395 e. The number of carbonyl (C=O) groups is 1. The minimum Gasteiger partial charge on any atom is -0.395 e. The fourth-order valence-corrected chi connectivity index (χ4v) is 0.420. The average Bonchev–Trinajstić information content (AvgIpc) is 2.00. The van der Waals surface area contributed by atoms with Crippen molar-refractivity contribution in [2.24, 2.45) is 0 Å². The number of nitrogens with one attached hydrogen (secondary N) is 1. The highest BCUT2D eigenvalue weighted by Crippen LogP contribution is 2.06. The summed E-state index contributed by atoms with van der Waals surface area (Å²) in [5.74, 6) is -0.526. The zero-order valence-corrected chi connectivity index (χ0v) is 6.59.